The average molecular weight is 784 g/mol. The van der Waals surface area contributed by atoms with Gasteiger partial charge in [0.25, 0.3) is 0 Å². The molecule has 0 aromatic heterocycles. The molecule has 1 rings (SSSR count). The molecule has 0 saturated heterocycles. The number of rotatable bonds is 45. The topological polar surface area (TPSA) is 71.4 Å². The molecular weight excluding hydrogens is 687 g/mol. The highest BCUT2D eigenvalue weighted by Crippen LogP contribution is 2.45. The summed E-state index contributed by atoms with van der Waals surface area (Å²) in [4.78, 5) is 2.14. The van der Waals surface area contributed by atoms with Gasteiger partial charge in [-0.25, -0.2) is 0 Å². The second-order valence-electron chi connectivity index (χ2n) is 17.6. The molecule has 0 spiro atoms. The van der Waals surface area contributed by atoms with E-state index >= 15 is 0 Å². The Morgan fingerprint density at radius 3 is 1.39 bits per heavy atom. The molecule has 1 aliphatic carbocycles. The number of hydrogen-bond acceptors (Lipinski definition) is 6. The lowest BCUT2D eigenvalue weighted by Crippen LogP contribution is -2.40. The van der Waals surface area contributed by atoms with Gasteiger partial charge in [-0.1, -0.05) is 187 Å². The van der Waals surface area contributed by atoms with E-state index in [1.807, 2.05) is 0 Å². The highest BCUT2D eigenvalue weighted by Gasteiger charge is 2.35. The van der Waals surface area contributed by atoms with Crippen LogP contribution in [0.4, 0.5) is 0 Å². The van der Waals surface area contributed by atoms with Crippen LogP contribution in [0.3, 0.4) is 0 Å². The van der Waals surface area contributed by atoms with Crippen molar-refractivity contribution in [2.45, 2.75) is 245 Å². The molecule has 0 radical (unpaired) electrons. The summed E-state index contributed by atoms with van der Waals surface area (Å²) in [6.45, 7) is 13.1. The van der Waals surface area contributed by atoms with Gasteiger partial charge >= 0.3 is 8.56 Å². The third kappa shape index (κ3) is 34.1. The summed E-state index contributed by atoms with van der Waals surface area (Å²) in [5.74, 6) is 2.14. The molecule has 1 fully saturated rings. The predicted molar refractivity (Wildman–Crippen MR) is 236 cm³/mol. The van der Waals surface area contributed by atoms with E-state index in [0.29, 0.717) is 13.1 Å². The van der Waals surface area contributed by atoms with Gasteiger partial charge in [-0.05, 0) is 70.0 Å². The van der Waals surface area contributed by atoms with Crippen LogP contribution in [0, 0.1) is 11.8 Å². The number of ether oxygens (including phenoxy) is 1. The molecule has 0 aliphatic heterocycles. The molecular formula is C47H97NO5Si. The van der Waals surface area contributed by atoms with Crippen molar-refractivity contribution < 1.29 is 23.8 Å². The molecule has 1 aliphatic rings. The zero-order valence-corrected chi connectivity index (χ0v) is 38.1. The van der Waals surface area contributed by atoms with Crippen molar-refractivity contribution in [3.05, 3.63) is 0 Å². The van der Waals surface area contributed by atoms with Gasteiger partial charge in [0, 0.05) is 26.3 Å². The maximum atomic E-state index is 9.22. The molecule has 0 heterocycles. The van der Waals surface area contributed by atoms with Crippen LogP contribution >= 0.6 is 0 Å². The quantitative estimate of drug-likeness (QED) is 0.0364. The SMILES string of the molecule is CCCCCCCCCCCCCCCC(OCCCCCCCCC1CC1CCCCCCCC)O[Si](C)(C)OCCCCCCN(CCO)CCO. The third-order valence-corrected chi connectivity index (χ3v) is 13.6. The van der Waals surface area contributed by atoms with Crippen molar-refractivity contribution in [1.82, 2.24) is 4.90 Å². The monoisotopic (exact) mass is 784 g/mol. The van der Waals surface area contributed by atoms with Gasteiger partial charge in [-0.3, -0.25) is 4.90 Å². The summed E-state index contributed by atoms with van der Waals surface area (Å²) < 4.78 is 19.5. The zero-order valence-electron chi connectivity index (χ0n) is 37.1. The molecule has 0 amide bonds. The van der Waals surface area contributed by atoms with Crippen LogP contribution in [-0.4, -0.2) is 76.0 Å². The molecule has 54 heavy (non-hydrogen) atoms. The minimum Gasteiger partial charge on any atom is -0.395 e. The smallest absolute Gasteiger partial charge is 0.333 e. The van der Waals surface area contributed by atoms with E-state index in [0.717, 1.165) is 70.1 Å². The van der Waals surface area contributed by atoms with Crippen LogP contribution < -0.4 is 0 Å². The lowest BCUT2D eigenvalue weighted by Gasteiger charge is -2.29. The molecule has 324 valence electrons. The van der Waals surface area contributed by atoms with E-state index in [1.54, 1.807) is 0 Å². The van der Waals surface area contributed by atoms with Gasteiger partial charge in [0.1, 0.15) is 6.29 Å². The molecule has 0 bridgehead atoms. The van der Waals surface area contributed by atoms with Gasteiger partial charge in [0.05, 0.1) is 13.2 Å². The Balaban J connectivity index is 2.24. The van der Waals surface area contributed by atoms with Crippen LogP contribution in [0.2, 0.25) is 13.1 Å². The molecule has 1 saturated carbocycles. The molecule has 6 nitrogen and oxygen atoms in total. The van der Waals surface area contributed by atoms with E-state index in [-0.39, 0.29) is 19.5 Å². The van der Waals surface area contributed by atoms with Crippen LogP contribution in [0.5, 0.6) is 0 Å². The Kier molecular flexibility index (Phi) is 37.1. The van der Waals surface area contributed by atoms with Crippen LogP contribution in [0.1, 0.15) is 226 Å². The maximum absolute atomic E-state index is 9.22. The second kappa shape index (κ2) is 38.5. The van der Waals surface area contributed by atoms with Gasteiger partial charge in [-0.2, -0.15) is 0 Å². The average Bonchev–Trinajstić information content (AvgIpc) is 3.91. The molecule has 3 unspecified atom stereocenters. The third-order valence-electron chi connectivity index (χ3n) is 11.9. The normalized spacial score (nSPS) is 16.5. The number of nitrogens with zero attached hydrogens (tertiary/aromatic N) is 1. The largest absolute Gasteiger partial charge is 0.395 e. The highest BCUT2D eigenvalue weighted by atomic mass is 28.4. The van der Waals surface area contributed by atoms with Crippen LogP contribution in [0.15, 0.2) is 0 Å². The maximum Gasteiger partial charge on any atom is 0.333 e. The molecule has 0 aromatic rings. The molecule has 7 heteroatoms. The molecule has 3 atom stereocenters. The fourth-order valence-corrected chi connectivity index (χ4v) is 9.74. The van der Waals surface area contributed by atoms with Gasteiger partial charge in [0.2, 0.25) is 0 Å². The second-order valence-corrected chi connectivity index (χ2v) is 20.9. The van der Waals surface area contributed by atoms with Crippen LogP contribution in [-0.2, 0) is 13.6 Å². The van der Waals surface area contributed by atoms with Gasteiger partial charge in [-0.15, -0.1) is 0 Å². The van der Waals surface area contributed by atoms with Gasteiger partial charge < -0.3 is 23.8 Å². The fraction of sp³-hybridized carbons (Fsp3) is 1.00. The zero-order chi connectivity index (χ0) is 39.2. The lowest BCUT2D eigenvalue weighted by atomic mass is 10.0. The van der Waals surface area contributed by atoms with E-state index in [9.17, 15) is 10.2 Å². The number of unbranched alkanes of at least 4 members (excludes halogenated alkanes) is 25. The Morgan fingerprint density at radius 2 is 0.907 bits per heavy atom. The first kappa shape index (κ1) is 52.0. The first-order valence-electron chi connectivity index (χ1n) is 24.3. The lowest BCUT2D eigenvalue weighted by molar-refractivity contribution is -0.104. The van der Waals surface area contributed by atoms with Crippen molar-refractivity contribution in [3.63, 3.8) is 0 Å². The number of hydrogen-bond donors (Lipinski definition) is 2. The minimum absolute atomic E-state index is 0.133. The summed E-state index contributed by atoms with van der Waals surface area (Å²) in [7, 11) is -2.28. The first-order chi connectivity index (χ1) is 26.5. The van der Waals surface area contributed by atoms with E-state index in [4.69, 9.17) is 13.6 Å². The van der Waals surface area contributed by atoms with Crippen molar-refractivity contribution in [1.29, 1.82) is 0 Å². The Labute approximate surface area is 339 Å². The van der Waals surface area contributed by atoms with E-state index in [2.05, 4.69) is 31.8 Å². The molecule has 2 N–H and O–H groups in total. The fourth-order valence-electron chi connectivity index (χ4n) is 8.22. The Hall–Kier alpha value is -0.0231. The summed E-state index contributed by atoms with van der Waals surface area (Å²) in [6, 6.07) is 0. The summed E-state index contributed by atoms with van der Waals surface area (Å²) in [5.41, 5.74) is 0. The Morgan fingerprint density at radius 1 is 0.500 bits per heavy atom. The van der Waals surface area contributed by atoms with Crippen molar-refractivity contribution >= 4 is 8.56 Å². The van der Waals surface area contributed by atoms with E-state index in [1.165, 1.54) is 173 Å². The standard InChI is InChI=1S/C47H97NO5Si/c1-5-7-9-11-13-14-15-16-17-18-19-24-30-36-47(53-54(3,4)52-43-33-27-25-31-37-48(38-40-49)39-41-50)51-42-32-26-21-20-23-29-35-46-44-45(46)34-28-22-12-10-8-6-2/h45-47,49-50H,5-44H2,1-4H3. The molecule has 0 aromatic carbocycles. The van der Waals surface area contributed by atoms with Crippen molar-refractivity contribution in [3.8, 4) is 0 Å². The van der Waals surface area contributed by atoms with Crippen LogP contribution in [0.25, 0.3) is 0 Å². The summed E-state index contributed by atoms with van der Waals surface area (Å²) in [5, 5.41) is 18.4. The summed E-state index contributed by atoms with van der Waals surface area (Å²) in [6.07, 6.45) is 44.2. The summed E-state index contributed by atoms with van der Waals surface area (Å²) >= 11 is 0. The first-order valence-corrected chi connectivity index (χ1v) is 27.1. The number of aliphatic hydroxyl groups excluding tert-OH is 2. The van der Waals surface area contributed by atoms with Gasteiger partial charge in [0.15, 0.2) is 0 Å². The predicted octanol–water partition coefficient (Wildman–Crippen LogP) is 13.5. The van der Waals surface area contributed by atoms with Crippen molar-refractivity contribution in [2.24, 2.45) is 11.8 Å². The number of aliphatic hydroxyl groups is 2. The Bertz CT molecular complexity index is 752. The van der Waals surface area contributed by atoms with E-state index < -0.39 is 8.56 Å². The highest BCUT2D eigenvalue weighted by molar-refractivity contribution is 6.64. The minimum atomic E-state index is -2.28. The van der Waals surface area contributed by atoms with Crippen molar-refractivity contribution in [2.75, 3.05) is 46.1 Å².